The van der Waals surface area contributed by atoms with E-state index in [0.29, 0.717) is 0 Å². The Balaban J connectivity index is 2.53. The van der Waals surface area contributed by atoms with Crippen LogP contribution in [0.1, 0.15) is 5.69 Å². The number of halogens is 1. The zero-order chi connectivity index (χ0) is 9.26. The van der Waals surface area contributed by atoms with E-state index in [2.05, 4.69) is 38.0 Å². The number of nitrogens with one attached hydrogen (secondary N) is 1. The summed E-state index contributed by atoms with van der Waals surface area (Å²) in [5.74, 6) is 0. The van der Waals surface area contributed by atoms with Crippen molar-refractivity contribution in [2.75, 3.05) is 0 Å². The standard InChI is InChI=1S/C10H9BrN2/c1-7-9(13-10(11)12-7)8-5-3-2-4-6-8/h2-6H,1H3,(H,12,13). The number of aryl methyl sites for hydroxylation is 1. The molecule has 2 aromatic rings. The summed E-state index contributed by atoms with van der Waals surface area (Å²) in [5.41, 5.74) is 3.23. The van der Waals surface area contributed by atoms with E-state index in [0.717, 1.165) is 21.7 Å². The predicted octanol–water partition coefficient (Wildman–Crippen LogP) is 3.15. The second-order valence-electron chi connectivity index (χ2n) is 2.87. The van der Waals surface area contributed by atoms with Crippen molar-refractivity contribution < 1.29 is 0 Å². The van der Waals surface area contributed by atoms with E-state index in [-0.39, 0.29) is 0 Å². The van der Waals surface area contributed by atoms with Crippen molar-refractivity contribution in [2.24, 2.45) is 0 Å². The van der Waals surface area contributed by atoms with Gasteiger partial charge in [0.25, 0.3) is 0 Å². The van der Waals surface area contributed by atoms with Gasteiger partial charge in [0.2, 0.25) is 0 Å². The zero-order valence-electron chi connectivity index (χ0n) is 7.21. The number of benzene rings is 1. The van der Waals surface area contributed by atoms with Crippen LogP contribution in [0.25, 0.3) is 11.3 Å². The lowest BCUT2D eigenvalue weighted by atomic mass is 10.1. The average molecular weight is 237 g/mol. The van der Waals surface area contributed by atoms with Crippen LogP contribution in [0.3, 0.4) is 0 Å². The Bertz CT molecular complexity index is 406. The number of aromatic amines is 1. The fourth-order valence-corrected chi connectivity index (χ4v) is 1.78. The lowest BCUT2D eigenvalue weighted by molar-refractivity contribution is 1.20. The molecule has 2 rings (SSSR count). The Labute approximate surface area is 85.1 Å². The summed E-state index contributed by atoms with van der Waals surface area (Å²) >= 11 is 3.31. The molecule has 0 saturated carbocycles. The van der Waals surface area contributed by atoms with Gasteiger partial charge in [-0.2, -0.15) is 0 Å². The molecule has 0 aliphatic rings. The maximum atomic E-state index is 4.34. The van der Waals surface area contributed by atoms with E-state index in [9.17, 15) is 0 Å². The number of aromatic nitrogens is 2. The van der Waals surface area contributed by atoms with Crippen LogP contribution in [0, 0.1) is 6.92 Å². The smallest absolute Gasteiger partial charge is 0.175 e. The Hall–Kier alpha value is -1.09. The second kappa shape index (κ2) is 3.34. The monoisotopic (exact) mass is 236 g/mol. The van der Waals surface area contributed by atoms with E-state index in [4.69, 9.17) is 0 Å². The molecule has 0 radical (unpaired) electrons. The van der Waals surface area contributed by atoms with Crippen LogP contribution in [0.2, 0.25) is 0 Å². The highest BCUT2D eigenvalue weighted by Gasteiger charge is 2.05. The van der Waals surface area contributed by atoms with Crippen molar-refractivity contribution in [1.29, 1.82) is 0 Å². The molecule has 0 fully saturated rings. The summed E-state index contributed by atoms with van der Waals surface area (Å²) in [6.07, 6.45) is 0. The van der Waals surface area contributed by atoms with Gasteiger partial charge in [0.05, 0.1) is 5.69 Å². The van der Waals surface area contributed by atoms with Crippen LogP contribution in [-0.2, 0) is 0 Å². The van der Waals surface area contributed by atoms with E-state index in [1.54, 1.807) is 0 Å². The highest BCUT2D eigenvalue weighted by Crippen LogP contribution is 2.22. The molecule has 0 atom stereocenters. The Morgan fingerprint density at radius 2 is 1.92 bits per heavy atom. The third-order valence-corrected chi connectivity index (χ3v) is 2.28. The van der Waals surface area contributed by atoms with E-state index in [1.807, 2.05) is 25.1 Å². The van der Waals surface area contributed by atoms with Crippen LogP contribution in [0.5, 0.6) is 0 Å². The second-order valence-corrected chi connectivity index (χ2v) is 3.62. The molecule has 0 bridgehead atoms. The van der Waals surface area contributed by atoms with Crippen molar-refractivity contribution in [1.82, 2.24) is 9.97 Å². The van der Waals surface area contributed by atoms with Gasteiger partial charge in [-0.15, -0.1) is 0 Å². The van der Waals surface area contributed by atoms with Crippen molar-refractivity contribution >= 4 is 15.9 Å². The number of H-pyrrole nitrogens is 1. The van der Waals surface area contributed by atoms with Gasteiger partial charge < -0.3 is 4.98 Å². The molecule has 3 heteroatoms. The summed E-state index contributed by atoms with van der Waals surface area (Å²) in [6, 6.07) is 10.1. The first kappa shape index (κ1) is 8.51. The number of nitrogens with zero attached hydrogens (tertiary/aromatic N) is 1. The number of hydrogen-bond acceptors (Lipinski definition) is 1. The average Bonchev–Trinajstić information content (AvgIpc) is 2.47. The van der Waals surface area contributed by atoms with Crippen LogP contribution in [0.4, 0.5) is 0 Å². The Morgan fingerprint density at radius 3 is 2.46 bits per heavy atom. The van der Waals surface area contributed by atoms with E-state index < -0.39 is 0 Å². The predicted molar refractivity (Wildman–Crippen MR) is 56.5 cm³/mol. The first-order valence-electron chi connectivity index (χ1n) is 4.05. The van der Waals surface area contributed by atoms with E-state index >= 15 is 0 Å². The van der Waals surface area contributed by atoms with Gasteiger partial charge >= 0.3 is 0 Å². The number of hydrogen-bond donors (Lipinski definition) is 1. The van der Waals surface area contributed by atoms with Crippen LogP contribution < -0.4 is 0 Å². The van der Waals surface area contributed by atoms with Gasteiger partial charge in [-0.1, -0.05) is 30.3 Å². The molecule has 1 N–H and O–H groups in total. The summed E-state index contributed by atoms with van der Waals surface area (Å²) in [4.78, 5) is 7.45. The molecule has 66 valence electrons. The largest absolute Gasteiger partial charge is 0.336 e. The number of imidazole rings is 1. The third kappa shape index (κ3) is 1.65. The molecule has 0 spiro atoms. The van der Waals surface area contributed by atoms with Gasteiger partial charge in [-0.05, 0) is 22.9 Å². The minimum atomic E-state index is 0.781. The maximum absolute atomic E-state index is 4.34. The lowest BCUT2D eigenvalue weighted by Gasteiger charge is -1.96. The van der Waals surface area contributed by atoms with Crippen LogP contribution >= 0.6 is 15.9 Å². The molecule has 1 aromatic carbocycles. The van der Waals surface area contributed by atoms with Gasteiger partial charge in [0, 0.05) is 11.3 Å². The highest BCUT2D eigenvalue weighted by molar-refractivity contribution is 9.10. The molecule has 0 amide bonds. The fraction of sp³-hybridized carbons (Fsp3) is 0.100. The minimum absolute atomic E-state index is 0.781. The maximum Gasteiger partial charge on any atom is 0.175 e. The molecule has 13 heavy (non-hydrogen) atoms. The van der Waals surface area contributed by atoms with Crippen molar-refractivity contribution in [2.45, 2.75) is 6.92 Å². The molecule has 2 nitrogen and oxygen atoms in total. The Morgan fingerprint density at radius 1 is 1.23 bits per heavy atom. The molecule has 1 aromatic heterocycles. The summed E-state index contributed by atoms with van der Waals surface area (Å²) in [7, 11) is 0. The van der Waals surface area contributed by atoms with Crippen molar-refractivity contribution in [3.8, 4) is 11.3 Å². The van der Waals surface area contributed by atoms with Gasteiger partial charge in [-0.25, -0.2) is 4.98 Å². The highest BCUT2D eigenvalue weighted by atomic mass is 79.9. The molecular weight excluding hydrogens is 228 g/mol. The first-order chi connectivity index (χ1) is 6.27. The molecule has 0 unspecified atom stereocenters. The minimum Gasteiger partial charge on any atom is -0.336 e. The summed E-state index contributed by atoms with van der Waals surface area (Å²) in [5, 5.41) is 0. The quantitative estimate of drug-likeness (QED) is 0.810. The fourth-order valence-electron chi connectivity index (χ4n) is 1.30. The van der Waals surface area contributed by atoms with Crippen LogP contribution in [0.15, 0.2) is 35.1 Å². The molecule has 0 aliphatic heterocycles. The van der Waals surface area contributed by atoms with E-state index in [1.165, 1.54) is 0 Å². The molecular formula is C10H9BrN2. The lowest BCUT2D eigenvalue weighted by Crippen LogP contribution is -1.79. The van der Waals surface area contributed by atoms with Gasteiger partial charge in [0.1, 0.15) is 0 Å². The normalized spacial score (nSPS) is 10.3. The molecule has 0 aliphatic carbocycles. The zero-order valence-corrected chi connectivity index (χ0v) is 8.80. The van der Waals surface area contributed by atoms with Gasteiger partial charge in [-0.3, -0.25) is 0 Å². The molecule has 1 heterocycles. The Kier molecular flexibility index (Phi) is 2.19. The van der Waals surface area contributed by atoms with Crippen molar-refractivity contribution in [3.63, 3.8) is 0 Å². The SMILES string of the molecule is Cc1[nH]c(Br)nc1-c1ccccc1. The third-order valence-electron chi connectivity index (χ3n) is 1.90. The topological polar surface area (TPSA) is 28.7 Å². The van der Waals surface area contributed by atoms with Gasteiger partial charge in [0.15, 0.2) is 4.73 Å². The van der Waals surface area contributed by atoms with Crippen molar-refractivity contribution in [3.05, 3.63) is 40.8 Å². The summed E-state index contributed by atoms with van der Waals surface area (Å²) < 4.78 is 0.781. The van der Waals surface area contributed by atoms with Crippen LogP contribution in [-0.4, -0.2) is 9.97 Å². The number of rotatable bonds is 1. The summed E-state index contributed by atoms with van der Waals surface area (Å²) in [6.45, 7) is 2.01. The first-order valence-corrected chi connectivity index (χ1v) is 4.84. The molecule has 0 saturated heterocycles.